The van der Waals surface area contributed by atoms with E-state index in [2.05, 4.69) is 41.5 Å². The molecule has 1 saturated heterocycles. The number of aromatic nitrogens is 3. The van der Waals surface area contributed by atoms with E-state index in [0.29, 0.717) is 30.3 Å². The molecule has 3 heterocycles. The summed E-state index contributed by atoms with van der Waals surface area (Å²) in [6.45, 7) is 5.96. The van der Waals surface area contributed by atoms with Crippen LogP contribution in [0.25, 0.3) is 5.82 Å². The number of hydrogen-bond donors (Lipinski definition) is 2. The predicted molar refractivity (Wildman–Crippen MR) is 110 cm³/mol. The highest BCUT2D eigenvalue weighted by atomic mass is 16.2. The van der Waals surface area contributed by atoms with E-state index in [9.17, 15) is 14.4 Å². The van der Waals surface area contributed by atoms with E-state index in [0.717, 1.165) is 11.3 Å². The Balaban J connectivity index is 1.50. The lowest BCUT2D eigenvalue weighted by Crippen LogP contribution is -2.54. The summed E-state index contributed by atoms with van der Waals surface area (Å²) in [4.78, 5) is 43.8. The molecule has 4 rings (SSSR count). The van der Waals surface area contributed by atoms with Gasteiger partial charge in [-0.15, -0.1) is 0 Å². The second kappa shape index (κ2) is 7.23. The van der Waals surface area contributed by atoms with Crippen LogP contribution < -0.4 is 10.6 Å². The molecule has 0 aromatic carbocycles. The lowest BCUT2D eigenvalue weighted by Gasteiger charge is -2.43. The van der Waals surface area contributed by atoms with Crippen molar-refractivity contribution in [2.45, 2.75) is 45.6 Å². The quantitative estimate of drug-likeness (QED) is 0.752. The Hall–Kier alpha value is -3.23. The molecule has 30 heavy (non-hydrogen) atoms. The topological polar surface area (TPSA) is 109 Å². The average Bonchev–Trinajstić information content (AvgIpc) is 3.24. The van der Waals surface area contributed by atoms with Gasteiger partial charge in [0.15, 0.2) is 5.82 Å². The molecule has 2 atom stereocenters. The molecule has 2 aliphatic rings. The molecular weight excluding hydrogens is 384 g/mol. The molecule has 1 spiro atoms. The molecule has 1 aliphatic heterocycles. The largest absolute Gasteiger partial charge is 0.325 e. The second-order valence-corrected chi connectivity index (χ2v) is 9.13. The molecule has 9 nitrogen and oxygen atoms in total. The van der Waals surface area contributed by atoms with Gasteiger partial charge >= 0.3 is 6.03 Å². The Morgan fingerprint density at radius 3 is 2.77 bits per heavy atom. The van der Waals surface area contributed by atoms with Crippen LogP contribution in [0.15, 0.2) is 36.8 Å². The van der Waals surface area contributed by atoms with E-state index in [1.54, 1.807) is 36.8 Å². The highest BCUT2D eigenvalue weighted by Crippen LogP contribution is 2.46. The van der Waals surface area contributed by atoms with Gasteiger partial charge in [-0.25, -0.2) is 14.5 Å². The molecule has 0 bridgehead atoms. The second-order valence-electron chi connectivity index (χ2n) is 9.13. The van der Waals surface area contributed by atoms with Gasteiger partial charge in [0, 0.05) is 18.6 Å². The Bertz CT molecular complexity index is 986. The van der Waals surface area contributed by atoms with Crippen molar-refractivity contribution < 1.29 is 14.4 Å². The van der Waals surface area contributed by atoms with Gasteiger partial charge in [-0.05, 0) is 48.8 Å². The summed E-state index contributed by atoms with van der Waals surface area (Å²) in [6, 6.07) is 4.62. The Labute approximate surface area is 174 Å². The van der Waals surface area contributed by atoms with Gasteiger partial charge in [0.05, 0.1) is 5.69 Å². The van der Waals surface area contributed by atoms with Gasteiger partial charge in [0.25, 0.3) is 5.91 Å². The summed E-state index contributed by atoms with van der Waals surface area (Å²) in [5.74, 6) is -0.0352. The zero-order valence-corrected chi connectivity index (χ0v) is 17.4. The lowest BCUT2D eigenvalue weighted by atomic mass is 9.64. The minimum absolute atomic E-state index is 0.0623. The van der Waals surface area contributed by atoms with Crippen molar-refractivity contribution in [2.75, 3.05) is 11.9 Å². The van der Waals surface area contributed by atoms with Gasteiger partial charge in [-0.2, -0.15) is 5.10 Å². The van der Waals surface area contributed by atoms with Gasteiger partial charge in [-0.1, -0.05) is 20.8 Å². The highest BCUT2D eigenvalue weighted by Gasteiger charge is 2.56. The van der Waals surface area contributed by atoms with Crippen molar-refractivity contribution in [3.8, 4) is 5.82 Å². The van der Waals surface area contributed by atoms with Crippen LogP contribution in [0, 0.1) is 11.3 Å². The predicted octanol–water partition coefficient (Wildman–Crippen LogP) is 2.34. The van der Waals surface area contributed by atoms with Gasteiger partial charge < -0.3 is 10.6 Å². The molecule has 4 amide bonds. The van der Waals surface area contributed by atoms with Crippen LogP contribution >= 0.6 is 0 Å². The van der Waals surface area contributed by atoms with E-state index < -0.39 is 17.5 Å². The third-order valence-electron chi connectivity index (χ3n) is 5.71. The molecule has 0 radical (unpaired) electrons. The third kappa shape index (κ3) is 3.67. The van der Waals surface area contributed by atoms with Crippen LogP contribution in [0.5, 0.6) is 0 Å². The van der Waals surface area contributed by atoms with Crippen LogP contribution in [0.3, 0.4) is 0 Å². The summed E-state index contributed by atoms with van der Waals surface area (Å²) >= 11 is 0. The van der Waals surface area contributed by atoms with Crippen molar-refractivity contribution in [3.63, 3.8) is 0 Å². The molecule has 2 N–H and O–H groups in total. The molecule has 1 aliphatic carbocycles. The number of rotatable bonds is 4. The smallest absolute Gasteiger partial charge is 0.323 e. The van der Waals surface area contributed by atoms with E-state index in [1.165, 1.54) is 4.68 Å². The lowest BCUT2D eigenvalue weighted by molar-refractivity contribution is -0.136. The fourth-order valence-electron chi connectivity index (χ4n) is 5.05. The molecule has 2 fully saturated rings. The van der Waals surface area contributed by atoms with E-state index in [4.69, 9.17) is 0 Å². The maximum absolute atomic E-state index is 13.2. The zero-order chi connectivity index (χ0) is 21.5. The van der Waals surface area contributed by atoms with Gasteiger partial charge in [0.2, 0.25) is 5.91 Å². The number of carbonyl (C=O) groups is 3. The number of anilines is 1. The Morgan fingerprint density at radius 2 is 2.07 bits per heavy atom. The first-order valence-corrected chi connectivity index (χ1v) is 10.1. The normalized spacial score (nSPS) is 25.4. The van der Waals surface area contributed by atoms with E-state index >= 15 is 0 Å². The van der Waals surface area contributed by atoms with Crippen LogP contribution in [-0.4, -0.2) is 49.6 Å². The number of amides is 4. The minimum atomic E-state index is -0.924. The molecule has 2 aromatic rings. The van der Waals surface area contributed by atoms with Crippen LogP contribution in [0.2, 0.25) is 0 Å². The third-order valence-corrected chi connectivity index (χ3v) is 5.71. The molecule has 9 heteroatoms. The van der Waals surface area contributed by atoms with Crippen molar-refractivity contribution >= 4 is 23.5 Å². The van der Waals surface area contributed by atoms with Crippen LogP contribution in [0.1, 0.15) is 40.0 Å². The Kier molecular flexibility index (Phi) is 4.83. The summed E-state index contributed by atoms with van der Waals surface area (Å²) in [6.07, 6.45) is 7.07. The summed E-state index contributed by atoms with van der Waals surface area (Å²) in [5.41, 5.74) is -0.541. The Morgan fingerprint density at radius 1 is 1.27 bits per heavy atom. The number of imide groups is 1. The molecular formula is C21H26N6O3. The maximum Gasteiger partial charge on any atom is 0.325 e. The van der Waals surface area contributed by atoms with E-state index in [1.807, 2.05) is 0 Å². The van der Waals surface area contributed by atoms with Crippen molar-refractivity contribution in [2.24, 2.45) is 11.3 Å². The first-order chi connectivity index (χ1) is 14.2. The number of nitrogens with zero attached hydrogens (tertiary/aromatic N) is 4. The average molecular weight is 410 g/mol. The molecule has 0 unspecified atom stereocenters. The van der Waals surface area contributed by atoms with Crippen LogP contribution in [-0.2, 0) is 9.59 Å². The van der Waals surface area contributed by atoms with Gasteiger partial charge in [-0.3, -0.25) is 14.5 Å². The summed E-state index contributed by atoms with van der Waals surface area (Å²) in [5, 5.41) is 9.77. The zero-order valence-electron chi connectivity index (χ0n) is 17.4. The molecule has 2 aromatic heterocycles. The summed E-state index contributed by atoms with van der Waals surface area (Å²) in [7, 11) is 0. The number of nitrogens with one attached hydrogen (secondary N) is 2. The fourth-order valence-corrected chi connectivity index (χ4v) is 5.05. The minimum Gasteiger partial charge on any atom is -0.323 e. The number of carbonyl (C=O) groups excluding carboxylic acids is 3. The van der Waals surface area contributed by atoms with E-state index in [-0.39, 0.29) is 17.9 Å². The fraction of sp³-hybridized carbons (Fsp3) is 0.476. The first-order valence-electron chi connectivity index (χ1n) is 10.1. The van der Waals surface area contributed by atoms with Crippen molar-refractivity contribution in [3.05, 3.63) is 36.8 Å². The summed E-state index contributed by atoms with van der Waals surface area (Å²) < 4.78 is 1.53. The molecule has 1 saturated carbocycles. The van der Waals surface area contributed by atoms with Crippen molar-refractivity contribution in [1.29, 1.82) is 0 Å². The number of hydrogen-bond acceptors (Lipinski definition) is 5. The van der Waals surface area contributed by atoms with Gasteiger partial charge in [0.1, 0.15) is 12.1 Å². The number of pyridine rings is 1. The SMILES string of the molecule is C[C@@H]1CC(C)(C)C[C@@]2(C1)NC(=O)N(CC(=O)Nc1cccnc1-n1cccn1)C2=O. The number of urea groups is 1. The van der Waals surface area contributed by atoms with Crippen molar-refractivity contribution in [1.82, 2.24) is 25.0 Å². The first kappa shape index (κ1) is 20.1. The standard InChI is InChI=1S/C21H26N6O3/c1-14-10-20(2,3)13-21(11-14)18(29)26(19(30)25-21)12-16(28)24-15-6-4-7-22-17(15)27-9-5-8-23-27/h4-9,14H,10-13H2,1-3H3,(H,24,28)(H,25,30)/t14-,21-/m1/s1. The monoisotopic (exact) mass is 410 g/mol. The highest BCUT2D eigenvalue weighted by molar-refractivity contribution is 6.10. The van der Waals surface area contributed by atoms with Crippen LogP contribution in [0.4, 0.5) is 10.5 Å². The maximum atomic E-state index is 13.2. The molecule has 158 valence electrons.